The molecule has 1 saturated heterocycles. The van der Waals surface area contributed by atoms with Crippen LogP contribution in [0.4, 0.5) is 0 Å². The van der Waals surface area contributed by atoms with Crippen molar-refractivity contribution in [2.45, 2.75) is 26.2 Å². The van der Waals surface area contributed by atoms with Crippen LogP contribution < -0.4 is 5.32 Å². The molecule has 1 aromatic carbocycles. The smallest absolute Gasteiger partial charge is 0.224 e. The lowest BCUT2D eigenvalue weighted by Crippen LogP contribution is -2.42. The highest BCUT2D eigenvalue weighted by Crippen LogP contribution is 2.12. The second-order valence-corrected chi connectivity index (χ2v) is 7.52. The van der Waals surface area contributed by atoms with Gasteiger partial charge in [-0.3, -0.25) is 4.79 Å². The number of aryl methyl sites for hydroxylation is 1. The summed E-state index contributed by atoms with van der Waals surface area (Å²) in [5, 5.41) is 2.79. The van der Waals surface area contributed by atoms with Crippen molar-refractivity contribution in [3.8, 4) is 0 Å². The molecule has 1 amide bonds. The molecule has 2 rings (SSSR count). The Balaban J connectivity index is 1.75. The van der Waals surface area contributed by atoms with E-state index in [0.717, 1.165) is 24.0 Å². The number of amides is 1. The molecule has 0 unspecified atom stereocenters. The van der Waals surface area contributed by atoms with Crippen LogP contribution in [0.2, 0.25) is 0 Å². The van der Waals surface area contributed by atoms with Crippen molar-refractivity contribution in [1.82, 2.24) is 9.62 Å². The molecular formula is C15H22N2O3S. The minimum absolute atomic E-state index is 0.0757. The maximum absolute atomic E-state index is 11.8. The van der Waals surface area contributed by atoms with E-state index in [9.17, 15) is 13.2 Å². The van der Waals surface area contributed by atoms with Gasteiger partial charge in [0.15, 0.2) is 0 Å². The third-order valence-electron chi connectivity index (χ3n) is 3.62. The van der Waals surface area contributed by atoms with Crippen LogP contribution in [0.25, 0.3) is 0 Å². The maximum Gasteiger partial charge on any atom is 0.224 e. The van der Waals surface area contributed by atoms with Gasteiger partial charge in [-0.05, 0) is 25.3 Å². The lowest BCUT2D eigenvalue weighted by molar-refractivity contribution is -0.120. The van der Waals surface area contributed by atoms with Gasteiger partial charge in [-0.1, -0.05) is 29.8 Å². The Labute approximate surface area is 126 Å². The number of hydrogen-bond donors (Lipinski definition) is 1. The predicted octanol–water partition coefficient (Wildman–Crippen LogP) is 1.08. The Bertz CT molecular complexity index is 581. The molecule has 1 fully saturated rings. The summed E-state index contributed by atoms with van der Waals surface area (Å²) >= 11 is 0. The van der Waals surface area contributed by atoms with Gasteiger partial charge in [-0.2, -0.15) is 0 Å². The quantitative estimate of drug-likeness (QED) is 0.885. The first-order valence-corrected chi connectivity index (χ1v) is 8.88. The van der Waals surface area contributed by atoms with Crippen molar-refractivity contribution in [2.24, 2.45) is 0 Å². The molecule has 21 heavy (non-hydrogen) atoms. The molecule has 5 nitrogen and oxygen atoms in total. The lowest BCUT2D eigenvalue weighted by atomic mass is 10.1. The SMILES string of the molecule is Cc1ccc(CC(=O)NCCN2CCCCS2(=O)=O)cc1. The van der Waals surface area contributed by atoms with Gasteiger partial charge in [-0.15, -0.1) is 0 Å². The molecule has 1 aromatic rings. The molecule has 1 heterocycles. The van der Waals surface area contributed by atoms with E-state index in [1.807, 2.05) is 31.2 Å². The monoisotopic (exact) mass is 310 g/mol. The van der Waals surface area contributed by atoms with Gasteiger partial charge in [0, 0.05) is 19.6 Å². The van der Waals surface area contributed by atoms with E-state index in [-0.39, 0.29) is 11.7 Å². The summed E-state index contributed by atoms with van der Waals surface area (Å²) in [5.74, 6) is 0.151. The average Bonchev–Trinajstić information content (AvgIpc) is 2.43. The van der Waals surface area contributed by atoms with Crippen LogP contribution in [-0.4, -0.2) is 44.0 Å². The largest absolute Gasteiger partial charge is 0.354 e. The zero-order valence-corrected chi connectivity index (χ0v) is 13.2. The molecule has 0 spiro atoms. The first-order valence-electron chi connectivity index (χ1n) is 7.27. The van der Waals surface area contributed by atoms with Gasteiger partial charge in [0.1, 0.15) is 0 Å². The van der Waals surface area contributed by atoms with E-state index in [4.69, 9.17) is 0 Å². The third-order valence-corrected chi connectivity index (χ3v) is 5.58. The number of carbonyl (C=O) groups is 1. The minimum Gasteiger partial charge on any atom is -0.354 e. The Morgan fingerprint density at radius 2 is 1.95 bits per heavy atom. The lowest BCUT2D eigenvalue weighted by Gasteiger charge is -2.26. The van der Waals surface area contributed by atoms with E-state index >= 15 is 0 Å². The van der Waals surface area contributed by atoms with Gasteiger partial charge in [0.25, 0.3) is 0 Å². The van der Waals surface area contributed by atoms with Crippen LogP contribution in [0.5, 0.6) is 0 Å². The Morgan fingerprint density at radius 3 is 2.62 bits per heavy atom. The van der Waals surface area contributed by atoms with Crippen molar-refractivity contribution in [3.05, 3.63) is 35.4 Å². The van der Waals surface area contributed by atoms with Crippen LogP contribution in [0, 0.1) is 6.92 Å². The molecule has 1 N–H and O–H groups in total. The van der Waals surface area contributed by atoms with Crippen LogP contribution in [0.3, 0.4) is 0 Å². The fourth-order valence-electron chi connectivity index (χ4n) is 2.37. The highest BCUT2D eigenvalue weighted by Gasteiger charge is 2.25. The number of rotatable bonds is 5. The van der Waals surface area contributed by atoms with Gasteiger partial charge in [0.05, 0.1) is 12.2 Å². The van der Waals surface area contributed by atoms with Crippen molar-refractivity contribution < 1.29 is 13.2 Å². The second-order valence-electron chi connectivity index (χ2n) is 5.43. The van der Waals surface area contributed by atoms with Crippen molar-refractivity contribution in [2.75, 3.05) is 25.4 Å². The molecule has 116 valence electrons. The van der Waals surface area contributed by atoms with Crippen molar-refractivity contribution in [1.29, 1.82) is 0 Å². The number of carbonyl (C=O) groups excluding carboxylic acids is 1. The van der Waals surface area contributed by atoms with Gasteiger partial charge in [-0.25, -0.2) is 12.7 Å². The normalized spacial score (nSPS) is 18.3. The summed E-state index contributed by atoms with van der Waals surface area (Å²) in [6, 6.07) is 7.82. The van der Waals surface area contributed by atoms with E-state index < -0.39 is 10.0 Å². The minimum atomic E-state index is -3.10. The Kier molecular flexibility index (Phi) is 5.36. The van der Waals surface area contributed by atoms with E-state index in [0.29, 0.717) is 26.1 Å². The van der Waals surface area contributed by atoms with Gasteiger partial charge < -0.3 is 5.32 Å². The highest BCUT2D eigenvalue weighted by atomic mass is 32.2. The highest BCUT2D eigenvalue weighted by molar-refractivity contribution is 7.89. The van der Waals surface area contributed by atoms with Crippen LogP contribution in [0.15, 0.2) is 24.3 Å². The average molecular weight is 310 g/mol. The van der Waals surface area contributed by atoms with Crippen molar-refractivity contribution in [3.63, 3.8) is 0 Å². The summed E-state index contributed by atoms with van der Waals surface area (Å²) in [5.41, 5.74) is 2.12. The molecule has 0 aromatic heterocycles. The predicted molar refractivity (Wildman–Crippen MR) is 82.5 cm³/mol. The van der Waals surface area contributed by atoms with E-state index in [1.54, 1.807) is 0 Å². The first-order chi connectivity index (χ1) is 9.97. The zero-order valence-electron chi connectivity index (χ0n) is 12.3. The molecule has 0 saturated carbocycles. The number of sulfonamides is 1. The van der Waals surface area contributed by atoms with Crippen LogP contribution >= 0.6 is 0 Å². The molecule has 1 aliphatic rings. The fraction of sp³-hybridized carbons (Fsp3) is 0.533. The fourth-order valence-corrected chi connectivity index (χ4v) is 3.97. The summed E-state index contributed by atoms with van der Waals surface area (Å²) in [6.07, 6.45) is 1.96. The topological polar surface area (TPSA) is 66.5 Å². The molecular weight excluding hydrogens is 288 g/mol. The number of nitrogens with one attached hydrogen (secondary N) is 1. The van der Waals surface area contributed by atoms with Crippen LogP contribution in [0.1, 0.15) is 24.0 Å². The summed E-state index contributed by atoms with van der Waals surface area (Å²) in [4.78, 5) is 11.8. The summed E-state index contributed by atoms with van der Waals surface area (Å²) < 4.78 is 25.1. The third kappa shape index (κ3) is 4.82. The maximum atomic E-state index is 11.8. The zero-order chi connectivity index (χ0) is 15.3. The Hall–Kier alpha value is -1.40. The molecule has 1 aliphatic heterocycles. The summed E-state index contributed by atoms with van der Waals surface area (Å²) in [7, 11) is -3.10. The van der Waals surface area contributed by atoms with E-state index in [1.165, 1.54) is 4.31 Å². The number of hydrogen-bond acceptors (Lipinski definition) is 3. The van der Waals surface area contributed by atoms with Crippen LogP contribution in [-0.2, 0) is 21.2 Å². The molecule has 0 bridgehead atoms. The molecule has 0 radical (unpaired) electrons. The van der Waals surface area contributed by atoms with Gasteiger partial charge in [0.2, 0.25) is 15.9 Å². The summed E-state index contributed by atoms with van der Waals surface area (Å²) in [6.45, 7) is 3.30. The molecule has 0 aliphatic carbocycles. The van der Waals surface area contributed by atoms with Gasteiger partial charge >= 0.3 is 0 Å². The standard InChI is InChI=1S/C15H22N2O3S/c1-13-4-6-14(7-5-13)12-15(18)16-8-10-17-9-2-3-11-21(17,19)20/h4-7H,2-3,8-12H2,1H3,(H,16,18). The molecule has 0 atom stereocenters. The first kappa shape index (κ1) is 16.0. The Morgan fingerprint density at radius 1 is 1.24 bits per heavy atom. The van der Waals surface area contributed by atoms with E-state index in [2.05, 4.69) is 5.32 Å². The van der Waals surface area contributed by atoms with Crippen molar-refractivity contribution >= 4 is 15.9 Å². The molecule has 6 heteroatoms. The number of nitrogens with zero attached hydrogens (tertiary/aromatic N) is 1. The second kappa shape index (κ2) is 7.04. The number of benzene rings is 1.